The number of nitrogens with zero attached hydrogens (tertiary/aromatic N) is 1. The van der Waals surface area contributed by atoms with Crippen LogP contribution in [0.1, 0.15) is 28.4 Å². The molecule has 0 saturated carbocycles. The molecule has 4 heteroatoms. The highest BCUT2D eigenvalue weighted by Crippen LogP contribution is 2.35. The van der Waals surface area contributed by atoms with Gasteiger partial charge in [0, 0.05) is 13.6 Å². The molecule has 0 radical (unpaired) electrons. The van der Waals surface area contributed by atoms with Crippen LogP contribution in [0.2, 0.25) is 0 Å². The average Bonchev–Trinajstić information content (AvgIpc) is 3.03. The highest BCUT2D eigenvalue weighted by Gasteiger charge is 2.23. The minimum Gasteiger partial charge on any atom is -0.454 e. The Morgan fingerprint density at radius 2 is 1.82 bits per heavy atom. The van der Waals surface area contributed by atoms with E-state index >= 15 is 0 Å². The fourth-order valence-corrected chi connectivity index (χ4v) is 2.53. The van der Waals surface area contributed by atoms with Crippen LogP contribution in [0.4, 0.5) is 0 Å². The number of rotatable bonds is 4. The highest BCUT2D eigenvalue weighted by atomic mass is 16.7. The molecule has 1 heterocycles. The molecule has 114 valence electrons. The van der Waals surface area contributed by atoms with Crippen molar-refractivity contribution in [1.82, 2.24) is 4.90 Å². The van der Waals surface area contributed by atoms with Crippen LogP contribution < -0.4 is 9.47 Å². The molecule has 0 saturated heterocycles. The lowest BCUT2D eigenvalue weighted by molar-refractivity contribution is 0.0780. The first-order valence-electron chi connectivity index (χ1n) is 7.41. The summed E-state index contributed by atoms with van der Waals surface area (Å²) in [4.78, 5) is 14.3. The molecule has 0 bridgehead atoms. The number of fused-ring (bicyclic) bond motifs is 1. The largest absolute Gasteiger partial charge is 0.454 e. The Kier molecular flexibility index (Phi) is 4.00. The van der Waals surface area contributed by atoms with Crippen LogP contribution in [-0.4, -0.2) is 24.6 Å². The third-order valence-corrected chi connectivity index (χ3v) is 3.82. The van der Waals surface area contributed by atoms with E-state index in [-0.39, 0.29) is 12.7 Å². The van der Waals surface area contributed by atoms with E-state index in [4.69, 9.17) is 9.47 Å². The molecule has 4 nitrogen and oxygen atoms in total. The van der Waals surface area contributed by atoms with Gasteiger partial charge in [-0.3, -0.25) is 4.79 Å². The Morgan fingerprint density at radius 3 is 2.55 bits per heavy atom. The van der Waals surface area contributed by atoms with Crippen LogP contribution in [0, 0.1) is 0 Å². The van der Waals surface area contributed by atoms with E-state index in [1.54, 1.807) is 18.0 Å². The molecule has 0 aromatic heterocycles. The van der Waals surface area contributed by atoms with Gasteiger partial charge in [-0.2, -0.15) is 0 Å². The zero-order valence-electron chi connectivity index (χ0n) is 12.8. The summed E-state index contributed by atoms with van der Waals surface area (Å²) in [5.41, 5.74) is 2.95. The van der Waals surface area contributed by atoms with Gasteiger partial charge in [0.1, 0.15) is 0 Å². The minimum absolute atomic E-state index is 0.0677. The normalized spacial score (nSPS) is 12.3. The number of benzene rings is 2. The first-order valence-corrected chi connectivity index (χ1v) is 7.41. The Morgan fingerprint density at radius 1 is 1.09 bits per heavy atom. The Labute approximate surface area is 130 Å². The summed E-state index contributed by atoms with van der Waals surface area (Å²) in [6, 6.07) is 13.7. The highest BCUT2D eigenvalue weighted by molar-refractivity contribution is 5.97. The van der Waals surface area contributed by atoms with Crippen molar-refractivity contribution in [2.75, 3.05) is 13.8 Å². The van der Waals surface area contributed by atoms with Gasteiger partial charge in [-0.15, -0.1) is 0 Å². The van der Waals surface area contributed by atoms with E-state index in [1.165, 1.54) is 5.56 Å². The fourth-order valence-electron chi connectivity index (χ4n) is 2.53. The lowest BCUT2D eigenvalue weighted by Gasteiger charge is -2.18. The molecule has 3 rings (SSSR count). The predicted octanol–water partition coefficient (Wildman–Crippen LogP) is 3.25. The van der Waals surface area contributed by atoms with Gasteiger partial charge >= 0.3 is 0 Å². The Hall–Kier alpha value is -2.49. The zero-order valence-corrected chi connectivity index (χ0v) is 12.8. The van der Waals surface area contributed by atoms with Crippen molar-refractivity contribution in [2.24, 2.45) is 0 Å². The first kappa shape index (κ1) is 14.4. The summed E-state index contributed by atoms with van der Waals surface area (Å²) in [6.45, 7) is 2.86. The number of aryl methyl sites for hydroxylation is 1. The van der Waals surface area contributed by atoms with E-state index in [9.17, 15) is 4.79 Å². The summed E-state index contributed by atoms with van der Waals surface area (Å²) in [5.74, 6) is 1.11. The van der Waals surface area contributed by atoms with Gasteiger partial charge in [-0.25, -0.2) is 0 Å². The molecule has 0 fully saturated rings. The van der Waals surface area contributed by atoms with Gasteiger partial charge < -0.3 is 14.4 Å². The summed E-state index contributed by atoms with van der Waals surface area (Å²) in [6.07, 6.45) is 1.02. The summed E-state index contributed by atoms with van der Waals surface area (Å²) >= 11 is 0. The Balaban J connectivity index is 1.76. The van der Waals surface area contributed by atoms with Crippen molar-refractivity contribution in [3.63, 3.8) is 0 Å². The second-order valence-electron chi connectivity index (χ2n) is 5.37. The minimum atomic E-state index is -0.0677. The number of hydrogen-bond acceptors (Lipinski definition) is 3. The van der Waals surface area contributed by atoms with Crippen molar-refractivity contribution >= 4 is 5.91 Å². The standard InChI is InChI=1S/C18H19NO3/c1-3-13-7-9-14(10-8-13)11-19(2)18(20)15-5-4-6-16-17(15)22-12-21-16/h4-10H,3,11-12H2,1-2H3. The van der Waals surface area contributed by atoms with Crippen LogP contribution in [0.5, 0.6) is 11.5 Å². The molecule has 1 amide bonds. The number of ether oxygens (including phenoxy) is 2. The maximum Gasteiger partial charge on any atom is 0.257 e. The fraction of sp³-hybridized carbons (Fsp3) is 0.278. The van der Waals surface area contributed by atoms with E-state index in [0.29, 0.717) is 23.6 Å². The molecule has 0 spiro atoms. The zero-order chi connectivity index (χ0) is 15.5. The van der Waals surface area contributed by atoms with Crippen LogP contribution in [-0.2, 0) is 13.0 Å². The summed E-state index contributed by atoms with van der Waals surface area (Å²) in [5, 5.41) is 0. The maximum absolute atomic E-state index is 12.6. The lowest BCUT2D eigenvalue weighted by atomic mass is 10.1. The Bertz CT molecular complexity index is 679. The molecular weight excluding hydrogens is 278 g/mol. The van der Waals surface area contributed by atoms with Gasteiger partial charge in [-0.05, 0) is 29.7 Å². The molecule has 22 heavy (non-hydrogen) atoms. The van der Waals surface area contributed by atoms with Crippen LogP contribution in [0.3, 0.4) is 0 Å². The second-order valence-corrected chi connectivity index (χ2v) is 5.37. The topological polar surface area (TPSA) is 38.8 Å². The van der Waals surface area contributed by atoms with E-state index in [1.807, 2.05) is 12.1 Å². The van der Waals surface area contributed by atoms with Crippen molar-refractivity contribution in [2.45, 2.75) is 19.9 Å². The second kappa shape index (κ2) is 6.10. The van der Waals surface area contributed by atoms with E-state index in [2.05, 4.69) is 31.2 Å². The number of carbonyl (C=O) groups excluding carboxylic acids is 1. The molecule has 0 N–H and O–H groups in total. The van der Waals surface area contributed by atoms with Crippen molar-refractivity contribution in [1.29, 1.82) is 0 Å². The van der Waals surface area contributed by atoms with Crippen LogP contribution >= 0.6 is 0 Å². The summed E-state index contributed by atoms with van der Waals surface area (Å²) in [7, 11) is 1.80. The van der Waals surface area contributed by atoms with Gasteiger partial charge in [0.2, 0.25) is 6.79 Å². The molecule has 2 aromatic carbocycles. The van der Waals surface area contributed by atoms with Crippen molar-refractivity contribution < 1.29 is 14.3 Å². The summed E-state index contributed by atoms with van der Waals surface area (Å²) < 4.78 is 10.7. The number of amides is 1. The molecule has 1 aliphatic rings. The average molecular weight is 297 g/mol. The predicted molar refractivity (Wildman–Crippen MR) is 84.2 cm³/mol. The molecule has 1 aliphatic heterocycles. The van der Waals surface area contributed by atoms with Gasteiger partial charge in [0.05, 0.1) is 5.56 Å². The van der Waals surface area contributed by atoms with Crippen molar-refractivity contribution in [3.8, 4) is 11.5 Å². The van der Waals surface area contributed by atoms with Crippen LogP contribution in [0.25, 0.3) is 0 Å². The maximum atomic E-state index is 12.6. The van der Waals surface area contributed by atoms with Gasteiger partial charge in [0.25, 0.3) is 5.91 Å². The monoisotopic (exact) mass is 297 g/mol. The molecule has 2 aromatic rings. The molecule has 0 atom stereocenters. The number of para-hydroxylation sites is 1. The van der Waals surface area contributed by atoms with E-state index < -0.39 is 0 Å². The number of hydrogen-bond donors (Lipinski definition) is 0. The van der Waals surface area contributed by atoms with Gasteiger partial charge in [0.15, 0.2) is 11.5 Å². The first-order chi connectivity index (χ1) is 10.7. The van der Waals surface area contributed by atoms with E-state index in [0.717, 1.165) is 12.0 Å². The SMILES string of the molecule is CCc1ccc(CN(C)C(=O)c2cccc3c2OCO3)cc1. The smallest absolute Gasteiger partial charge is 0.257 e. The van der Waals surface area contributed by atoms with Gasteiger partial charge in [-0.1, -0.05) is 37.3 Å². The third kappa shape index (κ3) is 2.77. The molecule has 0 unspecified atom stereocenters. The van der Waals surface area contributed by atoms with Crippen LogP contribution in [0.15, 0.2) is 42.5 Å². The lowest BCUT2D eigenvalue weighted by Crippen LogP contribution is -2.26. The molecular formula is C18H19NO3. The third-order valence-electron chi connectivity index (χ3n) is 3.82. The quantitative estimate of drug-likeness (QED) is 0.869. The van der Waals surface area contributed by atoms with Crippen molar-refractivity contribution in [3.05, 3.63) is 59.2 Å². The number of carbonyl (C=O) groups is 1. The molecule has 0 aliphatic carbocycles.